The van der Waals surface area contributed by atoms with Crippen LogP contribution in [0.15, 0.2) is 0 Å². The lowest BCUT2D eigenvalue weighted by atomic mass is 9.78. The standard InChI is InChI=1S/C14H25N3O2/c1-2-19-13(18)17-10-14(11-17)4-3-12(9-14)16-7-5-15-6-8-16/h12,15H,2-11H2,1H3. The van der Waals surface area contributed by atoms with E-state index in [1.165, 1.54) is 32.4 Å². The van der Waals surface area contributed by atoms with Crippen LogP contribution in [0.3, 0.4) is 0 Å². The number of hydrogen-bond acceptors (Lipinski definition) is 4. The molecule has 108 valence electrons. The second-order valence-electron chi connectivity index (χ2n) is 6.24. The summed E-state index contributed by atoms with van der Waals surface area (Å²) < 4.78 is 5.06. The Morgan fingerprint density at radius 1 is 1.37 bits per heavy atom. The molecule has 0 aromatic heterocycles. The number of piperazine rings is 1. The van der Waals surface area contributed by atoms with Gasteiger partial charge in [0.1, 0.15) is 0 Å². The molecule has 3 aliphatic rings. The fourth-order valence-electron chi connectivity index (χ4n) is 3.93. The molecule has 1 aliphatic carbocycles. The highest BCUT2D eigenvalue weighted by Gasteiger charge is 2.51. The third kappa shape index (κ3) is 2.58. The zero-order valence-corrected chi connectivity index (χ0v) is 11.9. The van der Waals surface area contributed by atoms with E-state index in [9.17, 15) is 4.79 Å². The third-order valence-corrected chi connectivity index (χ3v) is 4.92. The Labute approximate surface area is 115 Å². The molecule has 1 N–H and O–H groups in total. The summed E-state index contributed by atoms with van der Waals surface area (Å²) in [4.78, 5) is 16.1. The number of rotatable bonds is 2. The van der Waals surface area contributed by atoms with Crippen LogP contribution >= 0.6 is 0 Å². The maximum atomic E-state index is 11.6. The van der Waals surface area contributed by atoms with E-state index >= 15 is 0 Å². The average Bonchev–Trinajstić information content (AvgIpc) is 2.83. The summed E-state index contributed by atoms with van der Waals surface area (Å²) in [6.45, 7) is 8.78. The van der Waals surface area contributed by atoms with Crippen molar-refractivity contribution >= 4 is 6.09 Å². The molecule has 0 bridgehead atoms. The van der Waals surface area contributed by atoms with Crippen molar-refractivity contribution < 1.29 is 9.53 Å². The van der Waals surface area contributed by atoms with Gasteiger partial charge in [-0.3, -0.25) is 4.90 Å². The summed E-state index contributed by atoms with van der Waals surface area (Å²) in [6, 6.07) is 0.742. The van der Waals surface area contributed by atoms with Gasteiger partial charge in [0.25, 0.3) is 0 Å². The maximum absolute atomic E-state index is 11.6. The van der Waals surface area contributed by atoms with Crippen molar-refractivity contribution in [3.8, 4) is 0 Å². The minimum absolute atomic E-state index is 0.126. The van der Waals surface area contributed by atoms with Crippen LogP contribution in [0, 0.1) is 5.41 Å². The summed E-state index contributed by atoms with van der Waals surface area (Å²) in [5, 5.41) is 3.41. The molecule has 2 heterocycles. The van der Waals surface area contributed by atoms with Crippen LogP contribution in [-0.2, 0) is 4.74 Å². The first kappa shape index (κ1) is 13.2. The quantitative estimate of drug-likeness (QED) is 0.807. The summed E-state index contributed by atoms with van der Waals surface area (Å²) in [5.41, 5.74) is 0.405. The van der Waals surface area contributed by atoms with Gasteiger partial charge < -0.3 is 15.0 Å². The van der Waals surface area contributed by atoms with Gasteiger partial charge >= 0.3 is 6.09 Å². The molecular weight excluding hydrogens is 242 g/mol. The lowest BCUT2D eigenvalue weighted by Crippen LogP contribution is -2.58. The molecule has 1 amide bonds. The molecule has 1 atom stereocenters. The molecular formula is C14H25N3O2. The fraction of sp³-hybridized carbons (Fsp3) is 0.929. The van der Waals surface area contributed by atoms with E-state index in [-0.39, 0.29) is 6.09 Å². The molecule has 19 heavy (non-hydrogen) atoms. The van der Waals surface area contributed by atoms with E-state index in [1.807, 2.05) is 11.8 Å². The lowest BCUT2D eigenvalue weighted by molar-refractivity contribution is -0.00313. The average molecular weight is 267 g/mol. The minimum atomic E-state index is -0.126. The van der Waals surface area contributed by atoms with Gasteiger partial charge in [-0.15, -0.1) is 0 Å². The Kier molecular flexibility index (Phi) is 3.67. The van der Waals surface area contributed by atoms with Gasteiger partial charge in [0, 0.05) is 50.7 Å². The molecule has 5 nitrogen and oxygen atoms in total. The van der Waals surface area contributed by atoms with E-state index in [0.29, 0.717) is 12.0 Å². The molecule has 0 radical (unpaired) electrons. The van der Waals surface area contributed by atoms with Crippen molar-refractivity contribution in [2.75, 3.05) is 45.9 Å². The molecule has 1 unspecified atom stereocenters. The first-order chi connectivity index (χ1) is 9.22. The van der Waals surface area contributed by atoms with E-state index in [1.54, 1.807) is 0 Å². The molecule has 1 spiro atoms. The van der Waals surface area contributed by atoms with Gasteiger partial charge in [-0.1, -0.05) is 0 Å². The number of amides is 1. The number of nitrogens with zero attached hydrogens (tertiary/aromatic N) is 2. The van der Waals surface area contributed by atoms with Gasteiger partial charge in [0.15, 0.2) is 0 Å². The Bertz CT molecular complexity index is 336. The van der Waals surface area contributed by atoms with Crippen LogP contribution in [0.1, 0.15) is 26.2 Å². The van der Waals surface area contributed by atoms with Crippen molar-refractivity contribution in [3.63, 3.8) is 0 Å². The zero-order chi connectivity index (χ0) is 13.3. The number of hydrogen-bond donors (Lipinski definition) is 1. The third-order valence-electron chi connectivity index (χ3n) is 4.92. The number of likely N-dealkylation sites (tertiary alicyclic amines) is 1. The summed E-state index contributed by atoms with van der Waals surface area (Å²) in [5.74, 6) is 0. The zero-order valence-electron chi connectivity index (χ0n) is 11.9. The molecule has 2 saturated heterocycles. The van der Waals surface area contributed by atoms with Crippen LogP contribution in [0.25, 0.3) is 0 Å². The van der Waals surface area contributed by atoms with E-state index in [4.69, 9.17) is 4.74 Å². The van der Waals surface area contributed by atoms with Crippen molar-refractivity contribution in [1.82, 2.24) is 15.1 Å². The fourth-order valence-corrected chi connectivity index (χ4v) is 3.93. The lowest BCUT2D eigenvalue weighted by Gasteiger charge is -2.48. The number of carbonyl (C=O) groups is 1. The van der Waals surface area contributed by atoms with Gasteiger partial charge in [-0.25, -0.2) is 4.79 Å². The maximum Gasteiger partial charge on any atom is 0.409 e. The second-order valence-corrected chi connectivity index (χ2v) is 6.24. The Balaban J connectivity index is 1.49. The number of carbonyl (C=O) groups excluding carboxylic acids is 1. The summed E-state index contributed by atoms with van der Waals surface area (Å²) in [6.07, 6.45) is 3.72. The molecule has 2 aliphatic heterocycles. The van der Waals surface area contributed by atoms with Crippen molar-refractivity contribution in [3.05, 3.63) is 0 Å². The van der Waals surface area contributed by atoms with Crippen LogP contribution < -0.4 is 5.32 Å². The topological polar surface area (TPSA) is 44.8 Å². The van der Waals surface area contributed by atoms with Gasteiger partial charge in [-0.2, -0.15) is 0 Å². The molecule has 3 fully saturated rings. The van der Waals surface area contributed by atoms with Crippen LogP contribution in [0.5, 0.6) is 0 Å². The van der Waals surface area contributed by atoms with Crippen LogP contribution in [-0.4, -0.2) is 67.8 Å². The summed E-state index contributed by atoms with van der Waals surface area (Å²) in [7, 11) is 0. The molecule has 1 saturated carbocycles. The van der Waals surface area contributed by atoms with E-state index < -0.39 is 0 Å². The molecule has 0 aromatic rings. The highest BCUT2D eigenvalue weighted by Crippen LogP contribution is 2.47. The van der Waals surface area contributed by atoms with Gasteiger partial charge in [0.05, 0.1) is 6.61 Å². The largest absolute Gasteiger partial charge is 0.450 e. The highest BCUT2D eigenvalue weighted by molar-refractivity contribution is 5.69. The molecule has 3 rings (SSSR count). The molecule has 0 aromatic carbocycles. The Morgan fingerprint density at radius 3 is 2.79 bits per heavy atom. The van der Waals surface area contributed by atoms with Crippen LogP contribution in [0.2, 0.25) is 0 Å². The minimum Gasteiger partial charge on any atom is -0.450 e. The first-order valence-electron chi connectivity index (χ1n) is 7.59. The van der Waals surface area contributed by atoms with Gasteiger partial charge in [0.2, 0.25) is 0 Å². The monoisotopic (exact) mass is 267 g/mol. The summed E-state index contributed by atoms with van der Waals surface area (Å²) >= 11 is 0. The predicted molar refractivity (Wildman–Crippen MR) is 73.1 cm³/mol. The number of nitrogens with one attached hydrogen (secondary N) is 1. The van der Waals surface area contributed by atoms with Crippen molar-refractivity contribution in [1.29, 1.82) is 0 Å². The Morgan fingerprint density at radius 2 is 2.11 bits per heavy atom. The Hall–Kier alpha value is -0.810. The normalized spacial score (nSPS) is 30.4. The smallest absolute Gasteiger partial charge is 0.409 e. The van der Waals surface area contributed by atoms with Crippen molar-refractivity contribution in [2.24, 2.45) is 5.41 Å². The van der Waals surface area contributed by atoms with Gasteiger partial charge in [-0.05, 0) is 26.2 Å². The second kappa shape index (κ2) is 5.29. The highest BCUT2D eigenvalue weighted by atomic mass is 16.6. The first-order valence-corrected chi connectivity index (χ1v) is 7.59. The predicted octanol–water partition coefficient (Wildman–Crippen LogP) is 0.903. The number of ether oxygens (including phenoxy) is 1. The van der Waals surface area contributed by atoms with Crippen LogP contribution in [0.4, 0.5) is 4.79 Å². The molecule has 5 heteroatoms. The SMILES string of the molecule is CCOC(=O)N1CC2(CCC(N3CCNCC3)C2)C1. The van der Waals surface area contributed by atoms with E-state index in [0.717, 1.165) is 32.2 Å². The van der Waals surface area contributed by atoms with Crippen molar-refractivity contribution in [2.45, 2.75) is 32.2 Å². The van der Waals surface area contributed by atoms with E-state index in [2.05, 4.69) is 10.2 Å².